The molecular weight excluding hydrogens is 373 g/mol. The minimum atomic E-state index is -0.586. The summed E-state index contributed by atoms with van der Waals surface area (Å²) in [7, 11) is 0. The summed E-state index contributed by atoms with van der Waals surface area (Å²) in [4.78, 5) is 21.7. The summed E-state index contributed by atoms with van der Waals surface area (Å²) in [6, 6.07) is 11.5. The topological polar surface area (TPSA) is 69.4 Å². The molecule has 0 aromatic heterocycles. The molecule has 0 heterocycles. The molecule has 0 N–H and O–H groups in total. The number of ether oxygens (including phenoxy) is 1. The number of hydrogen-bond donors (Lipinski definition) is 0. The van der Waals surface area contributed by atoms with Crippen LogP contribution in [-0.2, 0) is 0 Å². The molecule has 102 valence electrons. The summed E-state index contributed by atoms with van der Waals surface area (Å²) in [6.45, 7) is 1.29. The third-order valence-corrected chi connectivity index (χ3v) is 3.31. The number of halogens is 1. The van der Waals surface area contributed by atoms with Gasteiger partial charge in [-0.15, -0.1) is 0 Å². The average molecular weight is 383 g/mol. The highest BCUT2D eigenvalue weighted by Gasteiger charge is 2.18. The van der Waals surface area contributed by atoms with Crippen molar-refractivity contribution in [3.8, 4) is 11.5 Å². The lowest BCUT2D eigenvalue weighted by molar-refractivity contribution is -0.385. The van der Waals surface area contributed by atoms with Crippen LogP contribution in [0, 0.1) is 13.7 Å². The summed E-state index contributed by atoms with van der Waals surface area (Å²) in [6.07, 6.45) is 0. The van der Waals surface area contributed by atoms with Gasteiger partial charge in [-0.25, -0.2) is 0 Å². The average Bonchev–Trinajstić information content (AvgIpc) is 2.41. The summed E-state index contributed by atoms with van der Waals surface area (Å²) in [5.74, 6) is 0.552. The van der Waals surface area contributed by atoms with Crippen LogP contribution in [0.15, 0.2) is 42.5 Å². The molecule has 0 amide bonds. The molecule has 0 bridgehead atoms. The Morgan fingerprint density at radius 1 is 1.15 bits per heavy atom. The molecule has 2 aromatic carbocycles. The van der Waals surface area contributed by atoms with Gasteiger partial charge in [-0.3, -0.25) is 14.9 Å². The van der Waals surface area contributed by atoms with Crippen LogP contribution >= 0.6 is 22.6 Å². The number of nitrogens with zero attached hydrogens (tertiary/aromatic N) is 1. The van der Waals surface area contributed by atoms with E-state index < -0.39 is 4.92 Å². The lowest BCUT2D eigenvalue weighted by atomic mass is 10.1. The van der Waals surface area contributed by atoms with E-state index in [1.165, 1.54) is 19.1 Å². The molecule has 0 atom stereocenters. The maximum absolute atomic E-state index is 11.3. The zero-order valence-electron chi connectivity index (χ0n) is 10.5. The number of benzene rings is 2. The SMILES string of the molecule is CC(=O)c1ccc(Oc2ccc(I)cc2)cc1[N+](=O)[O-]. The van der Waals surface area contributed by atoms with Crippen molar-refractivity contribution in [1.29, 1.82) is 0 Å². The molecule has 20 heavy (non-hydrogen) atoms. The Morgan fingerprint density at radius 3 is 2.30 bits per heavy atom. The lowest BCUT2D eigenvalue weighted by Crippen LogP contribution is -2.00. The fourth-order valence-corrected chi connectivity index (χ4v) is 2.02. The second-order valence-corrected chi connectivity index (χ2v) is 5.29. The first-order chi connectivity index (χ1) is 9.47. The number of nitro benzene ring substituents is 1. The molecule has 0 saturated heterocycles. The monoisotopic (exact) mass is 383 g/mol. The Bertz CT molecular complexity index is 667. The Hall–Kier alpha value is -1.96. The summed E-state index contributed by atoms with van der Waals surface area (Å²) >= 11 is 2.17. The van der Waals surface area contributed by atoms with Gasteiger partial charge < -0.3 is 4.74 Å². The van der Waals surface area contributed by atoms with E-state index in [9.17, 15) is 14.9 Å². The first-order valence-corrected chi connectivity index (χ1v) is 6.78. The third kappa shape index (κ3) is 3.32. The number of rotatable bonds is 4. The maximum atomic E-state index is 11.3. The van der Waals surface area contributed by atoms with Gasteiger partial charge in [-0.1, -0.05) is 0 Å². The minimum Gasteiger partial charge on any atom is -0.457 e. The predicted molar refractivity (Wildman–Crippen MR) is 82.3 cm³/mol. The van der Waals surface area contributed by atoms with Crippen LogP contribution < -0.4 is 4.74 Å². The van der Waals surface area contributed by atoms with Crippen molar-refractivity contribution in [3.63, 3.8) is 0 Å². The molecule has 0 aliphatic heterocycles. The summed E-state index contributed by atoms with van der Waals surface area (Å²) < 4.78 is 6.60. The molecular formula is C14H10INO4. The Kier molecular flexibility index (Phi) is 4.33. The van der Waals surface area contributed by atoms with E-state index in [0.29, 0.717) is 11.5 Å². The predicted octanol–water partition coefficient (Wildman–Crippen LogP) is 4.19. The van der Waals surface area contributed by atoms with Crippen molar-refractivity contribution in [1.82, 2.24) is 0 Å². The van der Waals surface area contributed by atoms with Crippen LogP contribution in [0.5, 0.6) is 11.5 Å². The number of Topliss-reactive ketones (excluding diaryl/α,β-unsaturated/α-hetero) is 1. The van der Waals surface area contributed by atoms with Gasteiger partial charge in [0.2, 0.25) is 0 Å². The number of carbonyl (C=O) groups is 1. The minimum absolute atomic E-state index is 0.0740. The van der Waals surface area contributed by atoms with Crippen LogP contribution in [-0.4, -0.2) is 10.7 Å². The van der Waals surface area contributed by atoms with Gasteiger partial charge in [-0.2, -0.15) is 0 Å². The fourth-order valence-electron chi connectivity index (χ4n) is 1.66. The van der Waals surface area contributed by atoms with Crippen molar-refractivity contribution in [2.24, 2.45) is 0 Å². The molecule has 2 rings (SSSR count). The van der Waals surface area contributed by atoms with Crippen LogP contribution in [0.25, 0.3) is 0 Å². The van der Waals surface area contributed by atoms with Crippen LogP contribution in [0.3, 0.4) is 0 Å². The van der Waals surface area contributed by atoms with E-state index in [1.54, 1.807) is 18.2 Å². The number of ketones is 1. The molecule has 0 aliphatic rings. The van der Waals surface area contributed by atoms with Gasteiger partial charge in [0, 0.05) is 3.57 Å². The Labute approximate surface area is 128 Å². The normalized spacial score (nSPS) is 10.1. The third-order valence-electron chi connectivity index (χ3n) is 2.59. The number of hydrogen-bond acceptors (Lipinski definition) is 4. The highest BCUT2D eigenvalue weighted by Crippen LogP contribution is 2.28. The molecule has 0 spiro atoms. The quantitative estimate of drug-likeness (QED) is 0.344. The largest absolute Gasteiger partial charge is 0.457 e. The first kappa shape index (κ1) is 14.4. The number of nitro groups is 1. The van der Waals surface area contributed by atoms with Gasteiger partial charge in [0.05, 0.1) is 16.6 Å². The molecule has 0 unspecified atom stereocenters. The molecule has 6 heteroatoms. The Balaban J connectivity index is 2.34. The van der Waals surface area contributed by atoms with Gasteiger partial charge in [-0.05, 0) is 65.9 Å². The van der Waals surface area contributed by atoms with Gasteiger partial charge in [0.1, 0.15) is 11.5 Å². The van der Waals surface area contributed by atoms with Gasteiger partial charge in [0.15, 0.2) is 5.78 Å². The highest BCUT2D eigenvalue weighted by atomic mass is 127. The molecule has 0 fully saturated rings. The van der Waals surface area contributed by atoms with Gasteiger partial charge >= 0.3 is 0 Å². The first-order valence-electron chi connectivity index (χ1n) is 5.70. The molecule has 5 nitrogen and oxygen atoms in total. The van der Waals surface area contributed by atoms with Crippen LogP contribution in [0.4, 0.5) is 5.69 Å². The van der Waals surface area contributed by atoms with Crippen molar-refractivity contribution >= 4 is 34.1 Å². The standard InChI is InChI=1S/C14H10INO4/c1-9(17)13-7-6-12(8-14(13)16(18)19)20-11-4-2-10(15)3-5-11/h2-8H,1H3. The van der Waals surface area contributed by atoms with E-state index in [-0.39, 0.29) is 17.0 Å². The zero-order chi connectivity index (χ0) is 14.7. The summed E-state index contributed by atoms with van der Waals surface area (Å²) in [5.41, 5.74) is -0.175. The molecule has 2 aromatic rings. The molecule has 0 aliphatic carbocycles. The van der Waals surface area contributed by atoms with E-state index in [0.717, 1.165) is 3.57 Å². The van der Waals surface area contributed by atoms with Crippen LogP contribution in [0.1, 0.15) is 17.3 Å². The van der Waals surface area contributed by atoms with Crippen molar-refractivity contribution < 1.29 is 14.5 Å². The van der Waals surface area contributed by atoms with Crippen LogP contribution in [0.2, 0.25) is 0 Å². The second-order valence-electron chi connectivity index (χ2n) is 4.05. The number of carbonyl (C=O) groups excluding carboxylic acids is 1. The summed E-state index contributed by atoms with van der Waals surface area (Å²) in [5, 5.41) is 11.0. The molecule has 0 saturated carbocycles. The highest BCUT2D eigenvalue weighted by molar-refractivity contribution is 14.1. The van der Waals surface area contributed by atoms with Crippen molar-refractivity contribution in [2.45, 2.75) is 6.92 Å². The Morgan fingerprint density at radius 2 is 1.75 bits per heavy atom. The maximum Gasteiger partial charge on any atom is 0.283 e. The van der Waals surface area contributed by atoms with E-state index in [4.69, 9.17) is 4.74 Å². The zero-order valence-corrected chi connectivity index (χ0v) is 12.7. The van der Waals surface area contributed by atoms with E-state index in [2.05, 4.69) is 22.6 Å². The van der Waals surface area contributed by atoms with E-state index >= 15 is 0 Å². The van der Waals surface area contributed by atoms with E-state index in [1.807, 2.05) is 12.1 Å². The van der Waals surface area contributed by atoms with Gasteiger partial charge in [0.25, 0.3) is 5.69 Å². The fraction of sp³-hybridized carbons (Fsp3) is 0.0714. The lowest BCUT2D eigenvalue weighted by Gasteiger charge is -2.07. The second kappa shape index (κ2) is 6.00. The smallest absolute Gasteiger partial charge is 0.283 e. The molecule has 0 radical (unpaired) electrons. The van der Waals surface area contributed by atoms with Crippen molar-refractivity contribution in [3.05, 3.63) is 61.7 Å². The van der Waals surface area contributed by atoms with Crippen molar-refractivity contribution in [2.75, 3.05) is 0 Å².